The lowest BCUT2D eigenvalue weighted by Crippen LogP contribution is -2.35. The number of phenols is 1. The van der Waals surface area contributed by atoms with Crippen molar-refractivity contribution < 1.29 is 9.90 Å². The number of halogens is 1. The van der Waals surface area contributed by atoms with Crippen LogP contribution in [0.4, 0.5) is 0 Å². The van der Waals surface area contributed by atoms with Crippen molar-refractivity contribution in [2.24, 2.45) is 0 Å². The molecular formula is C13H14ClN3O2. The Morgan fingerprint density at radius 2 is 2.37 bits per heavy atom. The van der Waals surface area contributed by atoms with Gasteiger partial charge >= 0.3 is 0 Å². The van der Waals surface area contributed by atoms with Gasteiger partial charge in [-0.25, -0.2) is 4.98 Å². The third-order valence-corrected chi connectivity index (χ3v) is 2.86. The summed E-state index contributed by atoms with van der Waals surface area (Å²) >= 11 is 5.72. The first-order chi connectivity index (χ1) is 9.06. The summed E-state index contributed by atoms with van der Waals surface area (Å²) in [7, 11) is 0. The molecule has 2 rings (SSSR count). The number of imidazole rings is 1. The topological polar surface area (TPSA) is 67.2 Å². The van der Waals surface area contributed by atoms with E-state index in [1.807, 2.05) is 17.7 Å². The van der Waals surface area contributed by atoms with Crippen LogP contribution < -0.4 is 5.32 Å². The van der Waals surface area contributed by atoms with Crippen molar-refractivity contribution in [3.05, 3.63) is 47.5 Å². The van der Waals surface area contributed by atoms with Gasteiger partial charge in [0.2, 0.25) is 0 Å². The highest BCUT2D eigenvalue weighted by Gasteiger charge is 2.14. The number of nitrogens with one attached hydrogen (secondary N) is 1. The first-order valence-corrected chi connectivity index (χ1v) is 6.19. The first-order valence-electron chi connectivity index (χ1n) is 5.81. The number of aromatic nitrogens is 2. The number of carbonyl (C=O) groups is 1. The van der Waals surface area contributed by atoms with E-state index in [0.29, 0.717) is 11.6 Å². The number of phenolic OH excluding ortho intramolecular Hbond substituents is 1. The van der Waals surface area contributed by atoms with Crippen molar-refractivity contribution in [1.82, 2.24) is 14.9 Å². The summed E-state index contributed by atoms with van der Waals surface area (Å²) in [4.78, 5) is 15.9. The van der Waals surface area contributed by atoms with Crippen LogP contribution in [0.3, 0.4) is 0 Å². The van der Waals surface area contributed by atoms with E-state index < -0.39 is 0 Å². The molecule has 0 saturated carbocycles. The number of benzene rings is 1. The molecule has 2 N–H and O–H groups in total. The van der Waals surface area contributed by atoms with Crippen LogP contribution in [0.25, 0.3) is 0 Å². The van der Waals surface area contributed by atoms with Crippen molar-refractivity contribution in [3.8, 4) is 5.75 Å². The van der Waals surface area contributed by atoms with E-state index >= 15 is 0 Å². The minimum Gasteiger partial charge on any atom is -0.507 e. The molecule has 0 spiro atoms. The fourth-order valence-electron chi connectivity index (χ4n) is 1.75. The maximum Gasteiger partial charge on any atom is 0.255 e. The van der Waals surface area contributed by atoms with Gasteiger partial charge in [0, 0.05) is 30.0 Å². The quantitative estimate of drug-likeness (QED) is 0.900. The summed E-state index contributed by atoms with van der Waals surface area (Å²) in [6, 6.07) is 4.32. The van der Waals surface area contributed by atoms with Crippen LogP contribution in [0, 0.1) is 0 Å². The molecule has 5 nitrogen and oxygen atoms in total. The molecular weight excluding hydrogens is 266 g/mol. The number of carbonyl (C=O) groups excluding carboxylic acids is 1. The molecule has 0 saturated heterocycles. The third kappa shape index (κ3) is 3.48. The van der Waals surface area contributed by atoms with Crippen molar-refractivity contribution >= 4 is 17.5 Å². The van der Waals surface area contributed by atoms with Crippen LogP contribution in [0.1, 0.15) is 17.3 Å². The fraction of sp³-hybridized carbons (Fsp3) is 0.231. The molecule has 1 amide bonds. The Hall–Kier alpha value is -2.01. The Morgan fingerprint density at radius 3 is 3.00 bits per heavy atom. The summed E-state index contributed by atoms with van der Waals surface area (Å²) in [5, 5.41) is 12.9. The third-order valence-electron chi connectivity index (χ3n) is 2.63. The molecule has 1 aromatic carbocycles. The van der Waals surface area contributed by atoms with Crippen LogP contribution in [-0.2, 0) is 6.54 Å². The van der Waals surface area contributed by atoms with E-state index in [2.05, 4.69) is 10.3 Å². The highest BCUT2D eigenvalue weighted by molar-refractivity contribution is 6.30. The Bertz CT molecular complexity index is 569. The number of hydrogen-bond acceptors (Lipinski definition) is 3. The Kier molecular flexibility index (Phi) is 4.06. The predicted molar refractivity (Wildman–Crippen MR) is 72.3 cm³/mol. The number of nitrogens with zero attached hydrogens (tertiary/aromatic N) is 2. The van der Waals surface area contributed by atoms with Crippen molar-refractivity contribution in [2.75, 3.05) is 0 Å². The molecule has 1 aromatic heterocycles. The summed E-state index contributed by atoms with van der Waals surface area (Å²) in [6.07, 6.45) is 5.18. The largest absolute Gasteiger partial charge is 0.507 e. The normalized spacial score (nSPS) is 12.1. The lowest BCUT2D eigenvalue weighted by molar-refractivity contribution is 0.0934. The van der Waals surface area contributed by atoms with E-state index in [-0.39, 0.29) is 23.3 Å². The maximum absolute atomic E-state index is 12.0. The van der Waals surface area contributed by atoms with Gasteiger partial charge in [0.15, 0.2) is 0 Å². The van der Waals surface area contributed by atoms with Gasteiger partial charge in [0.25, 0.3) is 5.91 Å². The monoisotopic (exact) mass is 279 g/mol. The van der Waals surface area contributed by atoms with E-state index in [0.717, 1.165) is 0 Å². The van der Waals surface area contributed by atoms with Crippen LogP contribution >= 0.6 is 11.6 Å². The molecule has 1 heterocycles. The number of rotatable bonds is 4. The van der Waals surface area contributed by atoms with Gasteiger partial charge in [-0.3, -0.25) is 4.79 Å². The molecule has 1 unspecified atom stereocenters. The van der Waals surface area contributed by atoms with E-state index in [1.54, 1.807) is 18.6 Å². The zero-order chi connectivity index (χ0) is 13.8. The zero-order valence-corrected chi connectivity index (χ0v) is 11.1. The Balaban J connectivity index is 2.00. The molecule has 0 aliphatic carbocycles. The standard InChI is InChI=1S/C13H14ClN3O2/c1-9(7-17-5-4-15-8-17)16-13(19)11-3-2-10(14)6-12(11)18/h2-6,8-9,18H,7H2,1H3,(H,16,19). The SMILES string of the molecule is CC(Cn1ccnc1)NC(=O)c1ccc(Cl)cc1O. The average molecular weight is 280 g/mol. The highest BCUT2D eigenvalue weighted by atomic mass is 35.5. The smallest absolute Gasteiger partial charge is 0.255 e. The molecule has 0 radical (unpaired) electrons. The van der Waals surface area contributed by atoms with Crippen molar-refractivity contribution in [1.29, 1.82) is 0 Å². The predicted octanol–water partition coefficient (Wildman–Crippen LogP) is 2.06. The van der Waals surface area contributed by atoms with Crippen molar-refractivity contribution in [2.45, 2.75) is 19.5 Å². The maximum atomic E-state index is 12.0. The summed E-state index contributed by atoms with van der Waals surface area (Å²) < 4.78 is 1.87. The number of hydrogen-bond donors (Lipinski definition) is 2. The summed E-state index contributed by atoms with van der Waals surface area (Å²) in [6.45, 7) is 2.49. The van der Waals surface area contributed by atoms with Crippen LogP contribution in [0.15, 0.2) is 36.9 Å². The highest BCUT2D eigenvalue weighted by Crippen LogP contribution is 2.21. The average Bonchev–Trinajstić information content (AvgIpc) is 2.81. The molecule has 100 valence electrons. The summed E-state index contributed by atoms with van der Waals surface area (Å²) in [5.41, 5.74) is 0.210. The molecule has 0 aliphatic heterocycles. The van der Waals surface area contributed by atoms with E-state index in [1.165, 1.54) is 12.1 Å². The molecule has 19 heavy (non-hydrogen) atoms. The van der Waals surface area contributed by atoms with Gasteiger partial charge in [-0.1, -0.05) is 11.6 Å². The second-order valence-electron chi connectivity index (χ2n) is 4.30. The number of aromatic hydroxyl groups is 1. The second kappa shape index (κ2) is 5.75. The minimum absolute atomic E-state index is 0.0863. The lowest BCUT2D eigenvalue weighted by atomic mass is 10.1. The molecule has 0 bridgehead atoms. The van der Waals surface area contributed by atoms with Gasteiger partial charge in [0.05, 0.1) is 11.9 Å². The second-order valence-corrected chi connectivity index (χ2v) is 4.73. The summed E-state index contributed by atoms with van der Waals surface area (Å²) in [5.74, 6) is -0.457. The molecule has 0 aliphatic rings. The molecule has 6 heteroatoms. The van der Waals surface area contributed by atoms with Gasteiger partial charge < -0.3 is 15.0 Å². The zero-order valence-electron chi connectivity index (χ0n) is 10.4. The fourth-order valence-corrected chi connectivity index (χ4v) is 1.92. The van der Waals surface area contributed by atoms with E-state index in [9.17, 15) is 9.90 Å². The van der Waals surface area contributed by atoms with Gasteiger partial charge in [-0.15, -0.1) is 0 Å². The van der Waals surface area contributed by atoms with E-state index in [4.69, 9.17) is 11.6 Å². The van der Waals surface area contributed by atoms with Crippen LogP contribution in [-0.4, -0.2) is 26.6 Å². The van der Waals surface area contributed by atoms with Crippen LogP contribution in [0.2, 0.25) is 5.02 Å². The molecule has 0 fully saturated rings. The minimum atomic E-state index is -0.332. The van der Waals surface area contributed by atoms with Gasteiger partial charge in [-0.05, 0) is 25.1 Å². The Labute approximate surface area is 115 Å². The number of amides is 1. The lowest BCUT2D eigenvalue weighted by Gasteiger charge is -2.15. The van der Waals surface area contributed by atoms with Gasteiger partial charge in [-0.2, -0.15) is 0 Å². The van der Waals surface area contributed by atoms with Crippen LogP contribution in [0.5, 0.6) is 5.75 Å². The van der Waals surface area contributed by atoms with Gasteiger partial charge in [0.1, 0.15) is 5.75 Å². The molecule has 1 atom stereocenters. The first kappa shape index (κ1) is 13.4. The Morgan fingerprint density at radius 1 is 1.58 bits per heavy atom. The molecule has 2 aromatic rings. The van der Waals surface area contributed by atoms with Crippen molar-refractivity contribution in [3.63, 3.8) is 0 Å².